The molecule has 2 fully saturated rings. The zero-order chi connectivity index (χ0) is 19.5. The van der Waals surface area contributed by atoms with E-state index in [1.165, 1.54) is 12.8 Å². The van der Waals surface area contributed by atoms with Crippen LogP contribution in [0.25, 0.3) is 11.0 Å². The van der Waals surface area contributed by atoms with Gasteiger partial charge in [-0.15, -0.1) is 0 Å². The summed E-state index contributed by atoms with van der Waals surface area (Å²) in [5.74, 6) is 0.461. The van der Waals surface area contributed by atoms with Crippen LogP contribution in [0.15, 0.2) is 29.1 Å². The van der Waals surface area contributed by atoms with E-state index >= 15 is 0 Å². The summed E-state index contributed by atoms with van der Waals surface area (Å²) in [6.07, 6.45) is 4.28. The molecular formula is C21H29N5O2. The lowest BCUT2D eigenvalue weighted by atomic mass is 9.97. The molecule has 4 rings (SSSR count). The smallest absolute Gasteiger partial charge is 0.293 e. The second-order valence-corrected chi connectivity index (χ2v) is 7.91. The molecule has 1 N–H and O–H groups in total. The first-order valence-electron chi connectivity index (χ1n) is 10.3. The lowest BCUT2D eigenvalue weighted by Gasteiger charge is -2.32. The highest BCUT2D eigenvalue weighted by atomic mass is 16.2. The number of nitrogens with zero attached hydrogens (tertiary/aromatic N) is 4. The van der Waals surface area contributed by atoms with Crippen molar-refractivity contribution in [2.45, 2.75) is 25.7 Å². The first-order chi connectivity index (χ1) is 13.6. The van der Waals surface area contributed by atoms with Crippen LogP contribution < -0.4 is 15.8 Å². The summed E-state index contributed by atoms with van der Waals surface area (Å²) in [5.41, 5.74) is 1.52. The molecule has 1 aromatic carbocycles. The Bertz CT molecular complexity index is 903. The van der Waals surface area contributed by atoms with Crippen LogP contribution in [-0.4, -0.2) is 59.6 Å². The molecule has 0 radical (unpaired) electrons. The molecule has 1 atom stereocenters. The molecule has 0 saturated carbocycles. The lowest BCUT2D eigenvalue weighted by molar-refractivity contribution is -0.125. The first-order valence-corrected chi connectivity index (χ1v) is 10.3. The van der Waals surface area contributed by atoms with Crippen molar-refractivity contribution >= 4 is 22.8 Å². The van der Waals surface area contributed by atoms with Crippen molar-refractivity contribution < 1.29 is 4.79 Å². The zero-order valence-electron chi connectivity index (χ0n) is 16.6. The number of piperidine rings is 1. The largest absolute Gasteiger partial charge is 0.355 e. The van der Waals surface area contributed by atoms with Crippen molar-refractivity contribution in [3.05, 3.63) is 34.6 Å². The van der Waals surface area contributed by atoms with Crippen LogP contribution in [0, 0.1) is 5.92 Å². The molecule has 1 amide bonds. The van der Waals surface area contributed by atoms with Crippen LogP contribution in [0.3, 0.4) is 0 Å². The quantitative estimate of drug-likeness (QED) is 0.844. The fourth-order valence-electron chi connectivity index (χ4n) is 4.34. The second-order valence-electron chi connectivity index (χ2n) is 7.91. The molecule has 0 bridgehead atoms. The van der Waals surface area contributed by atoms with Gasteiger partial charge in [-0.3, -0.25) is 9.59 Å². The van der Waals surface area contributed by atoms with Crippen LogP contribution >= 0.6 is 0 Å². The van der Waals surface area contributed by atoms with E-state index in [0.717, 1.165) is 50.1 Å². The minimum Gasteiger partial charge on any atom is -0.355 e. The molecule has 2 aliphatic heterocycles. The standard InChI is InChI=1S/C21H29N5O2/c1-24-18-9-3-2-8-17(18)23-19(21(24)28)26-13-6-7-16(15-26)20(27)22-10-14-25-11-4-5-12-25/h2-3,8-9,16H,4-7,10-15H2,1H3,(H,22,27). The van der Waals surface area contributed by atoms with Crippen molar-refractivity contribution in [1.82, 2.24) is 19.8 Å². The second kappa shape index (κ2) is 8.31. The predicted octanol–water partition coefficient (Wildman–Crippen LogP) is 1.36. The van der Waals surface area contributed by atoms with Crippen molar-refractivity contribution in [2.75, 3.05) is 44.2 Å². The summed E-state index contributed by atoms with van der Waals surface area (Å²) >= 11 is 0. The van der Waals surface area contributed by atoms with E-state index in [2.05, 4.69) is 15.2 Å². The highest BCUT2D eigenvalue weighted by Crippen LogP contribution is 2.21. The SMILES string of the molecule is Cn1c(=O)c(N2CCCC(C(=O)NCCN3CCCC3)C2)nc2ccccc21. The summed E-state index contributed by atoms with van der Waals surface area (Å²) in [6.45, 7) is 5.22. The zero-order valence-corrected chi connectivity index (χ0v) is 16.6. The molecular weight excluding hydrogens is 354 g/mol. The van der Waals surface area contributed by atoms with Crippen LogP contribution in [0.2, 0.25) is 0 Å². The Morgan fingerprint density at radius 1 is 1.18 bits per heavy atom. The van der Waals surface area contributed by atoms with Gasteiger partial charge >= 0.3 is 0 Å². The number of carbonyl (C=O) groups is 1. The van der Waals surface area contributed by atoms with Crippen molar-refractivity contribution in [2.24, 2.45) is 13.0 Å². The molecule has 1 aromatic heterocycles. The summed E-state index contributed by atoms with van der Waals surface area (Å²) in [4.78, 5) is 34.5. The van der Waals surface area contributed by atoms with Gasteiger partial charge in [0.15, 0.2) is 5.82 Å². The first kappa shape index (κ1) is 18.9. The maximum atomic E-state index is 12.8. The van der Waals surface area contributed by atoms with Gasteiger partial charge in [0.25, 0.3) is 5.56 Å². The summed E-state index contributed by atoms with van der Waals surface area (Å²) < 4.78 is 1.65. The molecule has 1 unspecified atom stereocenters. The van der Waals surface area contributed by atoms with Gasteiger partial charge in [-0.1, -0.05) is 12.1 Å². The number of hydrogen-bond donors (Lipinski definition) is 1. The molecule has 150 valence electrons. The summed E-state index contributed by atoms with van der Waals surface area (Å²) in [5, 5.41) is 3.10. The highest BCUT2D eigenvalue weighted by Gasteiger charge is 2.28. The molecule has 3 heterocycles. The normalized spacial score (nSPS) is 20.6. The average molecular weight is 383 g/mol. The number of anilines is 1. The minimum absolute atomic E-state index is 0.0923. The Kier molecular flexibility index (Phi) is 5.62. The van der Waals surface area contributed by atoms with E-state index in [-0.39, 0.29) is 17.4 Å². The number of fused-ring (bicyclic) bond motifs is 1. The monoisotopic (exact) mass is 383 g/mol. The molecule has 2 aromatic rings. The number of benzene rings is 1. The van der Waals surface area contributed by atoms with Crippen molar-refractivity contribution in [3.63, 3.8) is 0 Å². The Morgan fingerprint density at radius 2 is 1.96 bits per heavy atom. The van der Waals surface area contributed by atoms with Crippen LogP contribution in [0.1, 0.15) is 25.7 Å². The Morgan fingerprint density at radius 3 is 2.79 bits per heavy atom. The fraction of sp³-hybridized carbons (Fsp3) is 0.571. The van der Waals surface area contributed by atoms with E-state index in [0.29, 0.717) is 18.9 Å². The predicted molar refractivity (Wildman–Crippen MR) is 111 cm³/mol. The Hall–Kier alpha value is -2.41. The number of rotatable bonds is 5. The molecule has 0 aliphatic carbocycles. The number of hydrogen-bond acceptors (Lipinski definition) is 5. The van der Waals surface area contributed by atoms with Gasteiger partial charge in [0.2, 0.25) is 5.91 Å². The number of amides is 1. The third-order valence-corrected chi connectivity index (χ3v) is 5.98. The van der Waals surface area contributed by atoms with Gasteiger partial charge in [0, 0.05) is 33.2 Å². The summed E-state index contributed by atoms with van der Waals surface area (Å²) in [6, 6.07) is 7.66. The van der Waals surface area contributed by atoms with Gasteiger partial charge < -0.3 is 19.7 Å². The number of carbonyl (C=O) groups excluding carboxylic acids is 1. The third-order valence-electron chi connectivity index (χ3n) is 5.98. The number of nitrogens with one attached hydrogen (secondary N) is 1. The van der Waals surface area contributed by atoms with Gasteiger partial charge in [-0.05, 0) is 50.9 Å². The molecule has 7 nitrogen and oxygen atoms in total. The van der Waals surface area contributed by atoms with E-state index in [4.69, 9.17) is 0 Å². The highest BCUT2D eigenvalue weighted by molar-refractivity contribution is 5.80. The summed E-state index contributed by atoms with van der Waals surface area (Å²) in [7, 11) is 1.78. The maximum absolute atomic E-state index is 12.8. The van der Waals surface area contributed by atoms with Crippen LogP contribution in [-0.2, 0) is 11.8 Å². The minimum atomic E-state index is -0.103. The van der Waals surface area contributed by atoms with E-state index < -0.39 is 0 Å². The number of likely N-dealkylation sites (tertiary alicyclic amines) is 1. The average Bonchev–Trinajstić information content (AvgIpc) is 3.24. The molecule has 2 aliphatic rings. The molecule has 2 saturated heterocycles. The lowest BCUT2D eigenvalue weighted by Crippen LogP contribution is -2.46. The topological polar surface area (TPSA) is 70.5 Å². The maximum Gasteiger partial charge on any atom is 0.293 e. The number of aromatic nitrogens is 2. The van der Waals surface area contributed by atoms with Crippen LogP contribution in [0.4, 0.5) is 5.82 Å². The van der Waals surface area contributed by atoms with Gasteiger partial charge in [-0.2, -0.15) is 0 Å². The molecule has 0 spiro atoms. The molecule has 7 heteroatoms. The van der Waals surface area contributed by atoms with Gasteiger partial charge in [0.1, 0.15) is 0 Å². The van der Waals surface area contributed by atoms with Crippen LogP contribution in [0.5, 0.6) is 0 Å². The third kappa shape index (κ3) is 3.90. The fourth-order valence-corrected chi connectivity index (χ4v) is 4.34. The Balaban J connectivity index is 1.43. The molecule has 28 heavy (non-hydrogen) atoms. The van der Waals surface area contributed by atoms with E-state index in [9.17, 15) is 9.59 Å². The van der Waals surface area contributed by atoms with E-state index in [1.54, 1.807) is 11.6 Å². The van der Waals surface area contributed by atoms with Crippen molar-refractivity contribution in [1.29, 1.82) is 0 Å². The van der Waals surface area contributed by atoms with Gasteiger partial charge in [0.05, 0.1) is 17.0 Å². The van der Waals surface area contributed by atoms with Gasteiger partial charge in [-0.25, -0.2) is 4.98 Å². The Labute approximate surface area is 165 Å². The number of aryl methyl sites for hydroxylation is 1. The van der Waals surface area contributed by atoms with Crippen molar-refractivity contribution in [3.8, 4) is 0 Å². The number of para-hydroxylation sites is 2. The van der Waals surface area contributed by atoms with E-state index in [1.807, 2.05) is 29.2 Å².